The molecule has 4 aromatic rings. The standard InChI is InChI=1S/C20H15F3N6O3/c21-20(22,23)17-16(19(30)28(27-17)12-4-2-1-3-5-12)15(14-10-25-26-18(14)24)11-6-8-13(9-7-11)29(31)32/h1-10,15,30H,(H3,24,25,26). The molecule has 164 valence electrons. The minimum Gasteiger partial charge on any atom is -0.493 e. The van der Waals surface area contributed by atoms with Crippen molar-refractivity contribution in [3.05, 3.63) is 93.3 Å². The first kappa shape index (κ1) is 20.9. The van der Waals surface area contributed by atoms with E-state index in [9.17, 15) is 28.4 Å². The van der Waals surface area contributed by atoms with Crippen LogP contribution in [0.15, 0.2) is 60.8 Å². The topological polar surface area (TPSA) is 136 Å². The molecular weight excluding hydrogens is 429 g/mol. The minimum absolute atomic E-state index is 0.0895. The van der Waals surface area contributed by atoms with Gasteiger partial charge in [0.15, 0.2) is 5.69 Å². The summed E-state index contributed by atoms with van der Waals surface area (Å²) in [5.74, 6) is -2.09. The van der Waals surface area contributed by atoms with Crippen LogP contribution in [-0.2, 0) is 6.18 Å². The van der Waals surface area contributed by atoms with Crippen molar-refractivity contribution in [1.82, 2.24) is 20.0 Å². The first-order valence-electron chi connectivity index (χ1n) is 9.16. The van der Waals surface area contributed by atoms with Gasteiger partial charge in [-0.1, -0.05) is 30.3 Å². The first-order chi connectivity index (χ1) is 15.2. The van der Waals surface area contributed by atoms with Crippen molar-refractivity contribution >= 4 is 11.5 Å². The van der Waals surface area contributed by atoms with Crippen molar-refractivity contribution in [3.63, 3.8) is 0 Å². The molecule has 4 rings (SSSR count). The lowest BCUT2D eigenvalue weighted by atomic mass is 9.85. The van der Waals surface area contributed by atoms with Gasteiger partial charge in [0.1, 0.15) is 5.82 Å². The number of nitro benzene ring substituents is 1. The van der Waals surface area contributed by atoms with Crippen LogP contribution in [0.3, 0.4) is 0 Å². The number of halogens is 3. The Hall–Kier alpha value is -4.35. The summed E-state index contributed by atoms with van der Waals surface area (Å²) in [5.41, 5.74) is 4.35. The van der Waals surface area contributed by atoms with Crippen LogP contribution in [0.5, 0.6) is 5.88 Å². The molecule has 0 bridgehead atoms. The Labute approximate surface area is 178 Å². The number of nitrogens with zero attached hydrogens (tertiary/aromatic N) is 4. The molecule has 9 nitrogen and oxygen atoms in total. The Morgan fingerprint density at radius 3 is 2.31 bits per heavy atom. The van der Waals surface area contributed by atoms with Crippen LogP contribution in [0.4, 0.5) is 24.7 Å². The molecule has 0 aliphatic rings. The number of nitro groups is 1. The van der Waals surface area contributed by atoms with E-state index in [1.165, 1.54) is 30.5 Å². The van der Waals surface area contributed by atoms with Crippen molar-refractivity contribution < 1.29 is 23.2 Å². The van der Waals surface area contributed by atoms with Crippen molar-refractivity contribution in [2.45, 2.75) is 12.1 Å². The summed E-state index contributed by atoms with van der Waals surface area (Å²) in [6, 6.07) is 12.7. The molecule has 0 fully saturated rings. The molecule has 0 aliphatic heterocycles. The van der Waals surface area contributed by atoms with Gasteiger partial charge in [0.25, 0.3) is 5.69 Å². The highest BCUT2D eigenvalue weighted by Crippen LogP contribution is 2.46. The van der Waals surface area contributed by atoms with Crippen LogP contribution in [-0.4, -0.2) is 30.0 Å². The third kappa shape index (κ3) is 3.62. The number of nitrogens with one attached hydrogen (secondary N) is 1. The molecule has 0 spiro atoms. The van der Waals surface area contributed by atoms with Crippen molar-refractivity contribution in [1.29, 1.82) is 0 Å². The maximum absolute atomic E-state index is 14.0. The molecule has 1 unspecified atom stereocenters. The molecule has 32 heavy (non-hydrogen) atoms. The minimum atomic E-state index is -4.91. The van der Waals surface area contributed by atoms with Crippen LogP contribution in [0.25, 0.3) is 5.69 Å². The molecule has 4 N–H and O–H groups in total. The fourth-order valence-corrected chi connectivity index (χ4v) is 3.48. The van der Waals surface area contributed by atoms with Gasteiger partial charge in [-0.3, -0.25) is 15.2 Å². The number of H-pyrrole nitrogens is 1. The van der Waals surface area contributed by atoms with E-state index < -0.39 is 34.2 Å². The SMILES string of the molecule is Nc1n[nH]cc1C(c1ccc([N+](=O)[O-])cc1)c1c(C(F)(F)F)nn(-c2ccccc2)c1O. The van der Waals surface area contributed by atoms with Crippen LogP contribution >= 0.6 is 0 Å². The Bertz CT molecular complexity index is 1270. The number of non-ortho nitro benzene ring substituents is 1. The van der Waals surface area contributed by atoms with E-state index in [4.69, 9.17) is 5.73 Å². The monoisotopic (exact) mass is 444 g/mol. The summed E-state index contributed by atoms with van der Waals surface area (Å²) in [6.45, 7) is 0. The van der Waals surface area contributed by atoms with E-state index in [2.05, 4.69) is 15.3 Å². The Kier molecular flexibility index (Phi) is 5.04. The zero-order chi connectivity index (χ0) is 23.0. The maximum atomic E-state index is 14.0. The van der Waals surface area contributed by atoms with Crippen LogP contribution in [0.1, 0.15) is 28.3 Å². The van der Waals surface area contributed by atoms with Gasteiger partial charge >= 0.3 is 6.18 Å². The molecular formula is C20H15F3N6O3. The lowest BCUT2D eigenvalue weighted by Crippen LogP contribution is -2.14. The first-order valence-corrected chi connectivity index (χ1v) is 9.16. The number of aromatic nitrogens is 4. The van der Waals surface area contributed by atoms with Gasteiger partial charge < -0.3 is 10.8 Å². The molecule has 0 saturated heterocycles. The summed E-state index contributed by atoms with van der Waals surface area (Å²) in [7, 11) is 0. The predicted octanol–water partition coefficient (Wildman–Crippen LogP) is 3.99. The third-order valence-corrected chi connectivity index (χ3v) is 4.90. The summed E-state index contributed by atoms with van der Waals surface area (Å²) in [5, 5.41) is 31.8. The summed E-state index contributed by atoms with van der Waals surface area (Å²) in [4.78, 5) is 10.4. The number of hydrogen-bond donors (Lipinski definition) is 3. The summed E-state index contributed by atoms with van der Waals surface area (Å²) in [6.07, 6.45) is -3.61. The number of alkyl halides is 3. The number of benzene rings is 2. The van der Waals surface area contributed by atoms with Gasteiger partial charge in [0.2, 0.25) is 5.88 Å². The maximum Gasteiger partial charge on any atom is 0.435 e. The normalized spacial score (nSPS) is 12.6. The second-order valence-electron chi connectivity index (χ2n) is 6.84. The smallest absolute Gasteiger partial charge is 0.435 e. The Morgan fingerprint density at radius 2 is 1.78 bits per heavy atom. The van der Waals surface area contributed by atoms with Gasteiger partial charge in [-0.2, -0.15) is 23.4 Å². The van der Waals surface area contributed by atoms with Gasteiger partial charge in [0.05, 0.1) is 16.2 Å². The van der Waals surface area contributed by atoms with Crippen molar-refractivity contribution in [3.8, 4) is 11.6 Å². The number of aromatic amines is 1. The molecule has 0 aliphatic carbocycles. The highest BCUT2D eigenvalue weighted by atomic mass is 19.4. The molecule has 12 heteroatoms. The van der Waals surface area contributed by atoms with Gasteiger partial charge in [-0.25, -0.2) is 4.68 Å². The third-order valence-electron chi connectivity index (χ3n) is 4.90. The number of rotatable bonds is 5. The number of aromatic hydroxyl groups is 1. The molecule has 2 aromatic carbocycles. The van der Waals surface area contributed by atoms with Crippen molar-refractivity contribution in [2.24, 2.45) is 0 Å². The van der Waals surface area contributed by atoms with Crippen LogP contribution < -0.4 is 5.73 Å². The average molecular weight is 444 g/mol. The fourth-order valence-electron chi connectivity index (χ4n) is 3.48. The van der Waals surface area contributed by atoms with Crippen LogP contribution in [0, 0.1) is 10.1 Å². The number of anilines is 1. The predicted molar refractivity (Wildman–Crippen MR) is 107 cm³/mol. The second kappa shape index (κ2) is 7.72. The summed E-state index contributed by atoms with van der Waals surface area (Å²) < 4.78 is 42.8. The zero-order valence-electron chi connectivity index (χ0n) is 16.1. The van der Waals surface area contributed by atoms with E-state index in [0.29, 0.717) is 0 Å². The number of nitrogens with two attached hydrogens (primary N) is 1. The molecule has 2 aromatic heterocycles. The van der Waals surface area contributed by atoms with E-state index in [-0.39, 0.29) is 28.3 Å². The Balaban J connectivity index is 2.00. The largest absolute Gasteiger partial charge is 0.493 e. The molecule has 0 saturated carbocycles. The highest BCUT2D eigenvalue weighted by Gasteiger charge is 2.43. The zero-order valence-corrected chi connectivity index (χ0v) is 16.1. The number of hydrogen-bond acceptors (Lipinski definition) is 6. The lowest BCUT2D eigenvalue weighted by molar-refractivity contribution is -0.384. The molecule has 0 radical (unpaired) electrons. The fraction of sp³-hybridized carbons (Fsp3) is 0.100. The van der Waals surface area contributed by atoms with E-state index in [0.717, 1.165) is 16.8 Å². The quantitative estimate of drug-likeness (QED) is 0.315. The highest BCUT2D eigenvalue weighted by molar-refractivity contribution is 5.57. The summed E-state index contributed by atoms with van der Waals surface area (Å²) >= 11 is 0. The van der Waals surface area contributed by atoms with E-state index in [1.807, 2.05) is 0 Å². The van der Waals surface area contributed by atoms with Gasteiger partial charge in [-0.05, 0) is 17.7 Å². The van der Waals surface area contributed by atoms with E-state index in [1.54, 1.807) is 18.2 Å². The van der Waals surface area contributed by atoms with Crippen molar-refractivity contribution in [2.75, 3.05) is 5.73 Å². The molecule has 2 heterocycles. The Morgan fingerprint density at radius 1 is 1.12 bits per heavy atom. The second-order valence-corrected chi connectivity index (χ2v) is 6.84. The number of para-hydroxylation sites is 1. The van der Waals surface area contributed by atoms with Crippen LogP contribution in [0.2, 0.25) is 0 Å². The number of nitrogen functional groups attached to an aromatic ring is 1. The van der Waals surface area contributed by atoms with Gasteiger partial charge in [-0.15, -0.1) is 0 Å². The van der Waals surface area contributed by atoms with Gasteiger partial charge in [0, 0.05) is 29.8 Å². The molecule has 1 atom stereocenters. The molecule has 0 amide bonds. The lowest BCUT2D eigenvalue weighted by Gasteiger charge is -2.18. The average Bonchev–Trinajstić information content (AvgIpc) is 3.33. The van der Waals surface area contributed by atoms with E-state index >= 15 is 0 Å².